The highest BCUT2D eigenvalue weighted by atomic mass is 16.3. The molecule has 1 saturated heterocycles. The zero-order chi connectivity index (χ0) is 19.4. The van der Waals surface area contributed by atoms with Crippen molar-refractivity contribution in [3.05, 3.63) is 47.3 Å². The quantitative estimate of drug-likeness (QED) is 0.820. The Balaban J connectivity index is 1.54. The van der Waals surface area contributed by atoms with Crippen LogP contribution in [0.4, 0.5) is 0 Å². The summed E-state index contributed by atoms with van der Waals surface area (Å²) in [4.78, 5) is 15.1. The molecule has 2 aromatic rings. The molecule has 1 aliphatic heterocycles. The van der Waals surface area contributed by atoms with Crippen LogP contribution in [0.25, 0.3) is 0 Å². The third kappa shape index (κ3) is 4.89. The normalized spacial score (nSPS) is 16.0. The van der Waals surface area contributed by atoms with E-state index in [1.54, 1.807) is 10.7 Å². The van der Waals surface area contributed by atoms with E-state index in [-0.39, 0.29) is 11.9 Å². The number of phenolic OH excluding ortho intramolecular Hbond substituents is 1. The van der Waals surface area contributed by atoms with Crippen molar-refractivity contribution < 1.29 is 9.90 Å². The van der Waals surface area contributed by atoms with E-state index in [4.69, 9.17) is 0 Å². The van der Waals surface area contributed by atoms with Crippen LogP contribution in [0.3, 0.4) is 0 Å². The molecule has 0 bridgehead atoms. The first-order chi connectivity index (χ1) is 13.0. The lowest BCUT2D eigenvalue weighted by molar-refractivity contribution is 0.0898. The number of likely N-dealkylation sites (tertiary alicyclic amines) is 1. The van der Waals surface area contributed by atoms with E-state index < -0.39 is 0 Å². The maximum atomic E-state index is 12.7. The summed E-state index contributed by atoms with van der Waals surface area (Å²) in [6, 6.07) is 9.52. The fourth-order valence-electron chi connectivity index (χ4n) is 3.55. The van der Waals surface area contributed by atoms with Gasteiger partial charge in [0.1, 0.15) is 11.4 Å². The van der Waals surface area contributed by atoms with Crippen LogP contribution in [0, 0.1) is 0 Å². The number of piperidine rings is 1. The smallest absolute Gasteiger partial charge is 0.269 e. The lowest BCUT2D eigenvalue weighted by atomic mass is 10.0. The number of phenols is 1. The van der Waals surface area contributed by atoms with Crippen LogP contribution in [0.15, 0.2) is 30.3 Å². The van der Waals surface area contributed by atoms with Crippen LogP contribution in [-0.4, -0.2) is 44.8 Å². The van der Waals surface area contributed by atoms with Crippen molar-refractivity contribution in [2.75, 3.05) is 13.1 Å². The van der Waals surface area contributed by atoms with Gasteiger partial charge in [-0.15, -0.1) is 0 Å². The Bertz CT molecular complexity index is 776. The molecule has 2 heterocycles. The molecule has 2 N–H and O–H groups in total. The number of carbonyl (C=O) groups excluding carboxylic acids is 1. The summed E-state index contributed by atoms with van der Waals surface area (Å²) in [5, 5.41) is 17.3. The topological polar surface area (TPSA) is 70.4 Å². The fraction of sp³-hybridized carbons (Fsp3) is 0.524. The van der Waals surface area contributed by atoms with Gasteiger partial charge in [-0.2, -0.15) is 5.10 Å². The number of amides is 1. The maximum absolute atomic E-state index is 12.7. The molecule has 1 aromatic carbocycles. The summed E-state index contributed by atoms with van der Waals surface area (Å²) in [6.45, 7) is 9.58. The number of benzene rings is 1. The van der Waals surface area contributed by atoms with Gasteiger partial charge in [0.25, 0.3) is 5.91 Å². The number of nitrogens with zero attached hydrogens (tertiary/aromatic N) is 3. The molecule has 0 aliphatic carbocycles. The molecular weight excluding hydrogens is 340 g/mol. The number of aromatic hydroxyl groups is 1. The largest absolute Gasteiger partial charge is 0.508 e. The molecule has 6 nitrogen and oxygen atoms in total. The number of hydrogen-bond acceptors (Lipinski definition) is 4. The maximum Gasteiger partial charge on any atom is 0.269 e. The van der Waals surface area contributed by atoms with Gasteiger partial charge in [-0.05, 0) is 49.4 Å². The Labute approximate surface area is 161 Å². The third-order valence-electron chi connectivity index (χ3n) is 5.16. The second kappa shape index (κ2) is 8.57. The SMILES string of the molecule is CCn1nc(C(C)C)cc1C(=O)NC1CCN(Cc2cccc(O)c2)CC1. The summed E-state index contributed by atoms with van der Waals surface area (Å²) >= 11 is 0. The fourth-order valence-corrected chi connectivity index (χ4v) is 3.55. The van der Waals surface area contributed by atoms with Crippen molar-refractivity contribution in [2.45, 2.75) is 58.7 Å². The minimum atomic E-state index is -0.0253. The molecule has 0 spiro atoms. The van der Waals surface area contributed by atoms with Gasteiger partial charge in [0.2, 0.25) is 0 Å². The summed E-state index contributed by atoms with van der Waals surface area (Å²) in [5.74, 6) is 0.593. The number of nitrogens with one attached hydrogen (secondary N) is 1. The number of rotatable bonds is 6. The number of aromatic nitrogens is 2. The van der Waals surface area contributed by atoms with Crippen molar-refractivity contribution >= 4 is 5.91 Å². The monoisotopic (exact) mass is 370 g/mol. The minimum absolute atomic E-state index is 0.0253. The van der Waals surface area contributed by atoms with Gasteiger partial charge in [0.15, 0.2) is 0 Å². The Kier molecular flexibility index (Phi) is 6.16. The number of aryl methyl sites for hydroxylation is 1. The van der Waals surface area contributed by atoms with Crippen LogP contribution in [0.5, 0.6) is 5.75 Å². The van der Waals surface area contributed by atoms with Crippen LogP contribution < -0.4 is 5.32 Å². The van der Waals surface area contributed by atoms with E-state index in [0.29, 0.717) is 23.9 Å². The first kappa shape index (κ1) is 19.4. The van der Waals surface area contributed by atoms with Crippen molar-refractivity contribution in [1.82, 2.24) is 20.0 Å². The van der Waals surface area contributed by atoms with Crippen molar-refractivity contribution in [3.63, 3.8) is 0 Å². The average Bonchev–Trinajstić information content (AvgIpc) is 3.08. The predicted molar refractivity (Wildman–Crippen MR) is 106 cm³/mol. The molecule has 3 rings (SSSR count). The lowest BCUT2D eigenvalue weighted by Gasteiger charge is -2.32. The van der Waals surface area contributed by atoms with E-state index in [1.807, 2.05) is 31.2 Å². The van der Waals surface area contributed by atoms with Gasteiger partial charge in [-0.25, -0.2) is 0 Å². The molecule has 1 fully saturated rings. The van der Waals surface area contributed by atoms with Gasteiger partial charge in [0.05, 0.1) is 5.69 Å². The molecular formula is C21H30N4O2. The summed E-state index contributed by atoms with van der Waals surface area (Å²) < 4.78 is 1.79. The minimum Gasteiger partial charge on any atom is -0.508 e. The number of carbonyl (C=O) groups is 1. The molecule has 1 amide bonds. The van der Waals surface area contributed by atoms with E-state index in [9.17, 15) is 9.90 Å². The van der Waals surface area contributed by atoms with Gasteiger partial charge in [0, 0.05) is 32.2 Å². The van der Waals surface area contributed by atoms with Crippen molar-refractivity contribution in [1.29, 1.82) is 0 Å². The zero-order valence-corrected chi connectivity index (χ0v) is 16.5. The van der Waals surface area contributed by atoms with Crippen LogP contribution in [0.1, 0.15) is 61.3 Å². The molecule has 0 saturated carbocycles. The summed E-state index contributed by atoms with van der Waals surface area (Å²) in [5.41, 5.74) is 2.73. The second-order valence-corrected chi connectivity index (χ2v) is 7.62. The van der Waals surface area contributed by atoms with E-state index >= 15 is 0 Å². The van der Waals surface area contributed by atoms with Gasteiger partial charge >= 0.3 is 0 Å². The standard InChI is InChI=1S/C21H30N4O2/c1-4-25-20(13-19(23-25)15(2)3)21(27)22-17-8-10-24(11-9-17)14-16-6-5-7-18(26)12-16/h5-7,12-13,15,17,26H,4,8-11,14H2,1-3H3,(H,22,27). The first-order valence-electron chi connectivity index (χ1n) is 9.85. The van der Waals surface area contributed by atoms with Crippen molar-refractivity contribution in [3.8, 4) is 5.75 Å². The highest BCUT2D eigenvalue weighted by Crippen LogP contribution is 2.18. The highest BCUT2D eigenvalue weighted by molar-refractivity contribution is 5.92. The van der Waals surface area contributed by atoms with Gasteiger partial charge in [-0.1, -0.05) is 26.0 Å². The molecule has 146 valence electrons. The average molecular weight is 370 g/mol. The Morgan fingerprint density at radius 2 is 2.04 bits per heavy atom. The summed E-state index contributed by atoms with van der Waals surface area (Å²) in [6.07, 6.45) is 1.86. The molecule has 0 unspecified atom stereocenters. The highest BCUT2D eigenvalue weighted by Gasteiger charge is 2.23. The van der Waals surface area contributed by atoms with Crippen LogP contribution in [-0.2, 0) is 13.1 Å². The zero-order valence-electron chi connectivity index (χ0n) is 16.5. The second-order valence-electron chi connectivity index (χ2n) is 7.62. The Hall–Kier alpha value is -2.34. The molecule has 6 heteroatoms. The molecule has 1 aliphatic rings. The predicted octanol–water partition coefficient (Wildman–Crippen LogP) is 3.13. The lowest BCUT2D eigenvalue weighted by Crippen LogP contribution is -2.44. The molecule has 27 heavy (non-hydrogen) atoms. The number of hydrogen-bond donors (Lipinski definition) is 2. The van der Waals surface area contributed by atoms with E-state index in [2.05, 4.69) is 29.2 Å². The Morgan fingerprint density at radius 3 is 2.67 bits per heavy atom. The Morgan fingerprint density at radius 1 is 1.30 bits per heavy atom. The van der Waals surface area contributed by atoms with E-state index in [1.165, 1.54) is 0 Å². The van der Waals surface area contributed by atoms with Crippen molar-refractivity contribution in [2.24, 2.45) is 0 Å². The van der Waals surface area contributed by atoms with E-state index in [0.717, 1.165) is 43.7 Å². The first-order valence-corrected chi connectivity index (χ1v) is 9.85. The molecule has 0 radical (unpaired) electrons. The van der Waals surface area contributed by atoms with Gasteiger partial charge < -0.3 is 10.4 Å². The van der Waals surface area contributed by atoms with Crippen LogP contribution >= 0.6 is 0 Å². The van der Waals surface area contributed by atoms with Gasteiger partial charge in [-0.3, -0.25) is 14.4 Å². The third-order valence-corrected chi connectivity index (χ3v) is 5.16. The molecule has 0 atom stereocenters. The molecule has 1 aromatic heterocycles. The summed E-state index contributed by atoms with van der Waals surface area (Å²) in [7, 11) is 0. The van der Waals surface area contributed by atoms with Crippen LogP contribution in [0.2, 0.25) is 0 Å².